The van der Waals surface area contributed by atoms with Gasteiger partial charge in [-0.1, -0.05) is 0 Å². The lowest BCUT2D eigenvalue weighted by molar-refractivity contribution is 0.220. The molecule has 1 N–H and O–H groups in total. The summed E-state index contributed by atoms with van der Waals surface area (Å²) in [6, 6.07) is 0. The zero-order valence-electron chi connectivity index (χ0n) is 9.28. The second kappa shape index (κ2) is 4.39. The molecule has 2 rings (SSSR count). The van der Waals surface area contributed by atoms with Crippen molar-refractivity contribution < 1.29 is 8.42 Å². The summed E-state index contributed by atoms with van der Waals surface area (Å²) < 4.78 is 25.9. The lowest BCUT2D eigenvalue weighted by Gasteiger charge is -2.28. The monoisotopic (exact) mass is 232 g/mol. The van der Waals surface area contributed by atoms with Crippen LogP contribution in [0.2, 0.25) is 0 Å². The molecular formula is C10H20N2O2S. The Bertz CT molecular complexity index is 303. The van der Waals surface area contributed by atoms with Crippen LogP contribution in [0.25, 0.3) is 0 Å². The van der Waals surface area contributed by atoms with E-state index in [4.69, 9.17) is 0 Å². The summed E-state index contributed by atoms with van der Waals surface area (Å²) in [4.78, 5) is 2.30. The van der Waals surface area contributed by atoms with Crippen LogP contribution in [-0.2, 0) is 10.0 Å². The molecule has 0 spiro atoms. The molecule has 0 aromatic heterocycles. The molecule has 0 bridgehead atoms. The highest BCUT2D eigenvalue weighted by molar-refractivity contribution is 7.90. The topological polar surface area (TPSA) is 49.4 Å². The van der Waals surface area contributed by atoms with E-state index in [1.165, 1.54) is 0 Å². The Labute approximate surface area is 92.1 Å². The molecule has 0 aromatic carbocycles. The molecule has 5 heteroatoms. The van der Waals surface area contributed by atoms with E-state index in [0.29, 0.717) is 12.5 Å². The third kappa shape index (κ3) is 3.16. The first-order valence-corrected chi connectivity index (χ1v) is 7.29. The van der Waals surface area contributed by atoms with E-state index in [9.17, 15) is 8.42 Å². The molecule has 1 aliphatic heterocycles. The van der Waals surface area contributed by atoms with Crippen LogP contribution >= 0.6 is 0 Å². The Balaban J connectivity index is 1.73. The lowest BCUT2D eigenvalue weighted by atomic mass is 9.98. The van der Waals surface area contributed by atoms with Gasteiger partial charge in [0.05, 0.1) is 5.25 Å². The van der Waals surface area contributed by atoms with Crippen molar-refractivity contribution in [2.75, 3.05) is 26.7 Å². The van der Waals surface area contributed by atoms with Gasteiger partial charge in [-0.25, -0.2) is 13.1 Å². The molecule has 0 amide bonds. The first-order valence-electron chi connectivity index (χ1n) is 5.75. The Morgan fingerprint density at radius 3 is 2.33 bits per heavy atom. The van der Waals surface area contributed by atoms with Crippen molar-refractivity contribution >= 4 is 10.0 Å². The van der Waals surface area contributed by atoms with Crippen LogP contribution in [0.1, 0.15) is 25.7 Å². The number of piperidine rings is 1. The SMILES string of the molecule is CN1CCC(CNS(=O)(=O)C2CC2)CC1. The minimum absolute atomic E-state index is 0.0798. The molecule has 88 valence electrons. The normalized spacial score (nSPS) is 25.7. The highest BCUT2D eigenvalue weighted by Gasteiger charge is 2.35. The van der Waals surface area contributed by atoms with E-state index < -0.39 is 10.0 Å². The van der Waals surface area contributed by atoms with E-state index in [2.05, 4.69) is 16.7 Å². The van der Waals surface area contributed by atoms with Gasteiger partial charge in [0.15, 0.2) is 0 Å². The first-order chi connectivity index (χ1) is 7.08. The van der Waals surface area contributed by atoms with Crippen LogP contribution in [0.15, 0.2) is 0 Å². The smallest absolute Gasteiger partial charge is 0.214 e. The summed E-state index contributed by atoms with van der Waals surface area (Å²) in [7, 11) is -0.848. The van der Waals surface area contributed by atoms with Gasteiger partial charge < -0.3 is 4.90 Å². The van der Waals surface area contributed by atoms with Gasteiger partial charge in [0.2, 0.25) is 10.0 Å². The standard InChI is InChI=1S/C10H20N2O2S/c1-12-6-4-9(5-7-12)8-11-15(13,14)10-2-3-10/h9-11H,2-8H2,1H3. The summed E-state index contributed by atoms with van der Waals surface area (Å²) in [5.41, 5.74) is 0. The van der Waals surface area contributed by atoms with Crippen molar-refractivity contribution in [1.82, 2.24) is 9.62 Å². The lowest BCUT2D eigenvalue weighted by Crippen LogP contribution is -2.37. The van der Waals surface area contributed by atoms with E-state index in [1.807, 2.05) is 0 Å². The molecule has 0 radical (unpaired) electrons. The number of rotatable bonds is 4. The van der Waals surface area contributed by atoms with Crippen LogP contribution in [0.5, 0.6) is 0 Å². The van der Waals surface area contributed by atoms with Crippen LogP contribution in [0.4, 0.5) is 0 Å². The molecule has 1 saturated carbocycles. The number of sulfonamides is 1. The highest BCUT2D eigenvalue weighted by Crippen LogP contribution is 2.27. The number of hydrogen-bond donors (Lipinski definition) is 1. The Hall–Kier alpha value is -0.130. The Morgan fingerprint density at radius 1 is 1.20 bits per heavy atom. The minimum atomic E-state index is -2.96. The van der Waals surface area contributed by atoms with Crippen molar-refractivity contribution in [3.05, 3.63) is 0 Å². The largest absolute Gasteiger partial charge is 0.306 e. The molecule has 0 atom stereocenters. The Morgan fingerprint density at radius 2 is 1.80 bits per heavy atom. The summed E-state index contributed by atoms with van der Waals surface area (Å²) in [6.45, 7) is 2.83. The van der Waals surface area contributed by atoms with Crippen LogP contribution < -0.4 is 4.72 Å². The minimum Gasteiger partial charge on any atom is -0.306 e. The third-order valence-electron chi connectivity index (χ3n) is 3.37. The predicted octanol–water partition coefficient (Wildman–Crippen LogP) is 0.410. The maximum Gasteiger partial charge on any atom is 0.214 e. The molecule has 1 aliphatic carbocycles. The number of hydrogen-bond acceptors (Lipinski definition) is 3. The van der Waals surface area contributed by atoms with Crippen molar-refractivity contribution in [1.29, 1.82) is 0 Å². The maximum atomic E-state index is 11.6. The zero-order valence-corrected chi connectivity index (χ0v) is 10.1. The predicted molar refractivity (Wildman–Crippen MR) is 60.2 cm³/mol. The fourth-order valence-electron chi connectivity index (χ4n) is 2.00. The quantitative estimate of drug-likeness (QED) is 0.764. The second-order valence-corrected chi connectivity index (χ2v) is 6.88. The molecule has 0 aromatic rings. The average Bonchev–Trinajstić information content (AvgIpc) is 3.00. The summed E-state index contributed by atoms with van der Waals surface area (Å²) in [6.07, 6.45) is 3.93. The molecule has 2 fully saturated rings. The van der Waals surface area contributed by atoms with Crippen molar-refractivity contribution in [2.45, 2.75) is 30.9 Å². The fraction of sp³-hybridized carbons (Fsp3) is 1.00. The van der Waals surface area contributed by atoms with E-state index in [0.717, 1.165) is 38.8 Å². The van der Waals surface area contributed by atoms with Crippen molar-refractivity contribution in [2.24, 2.45) is 5.92 Å². The van der Waals surface area contributed by atoms with Gasteiger partial charge in [-0.2, -0.15) is 0 Å². The van der Waals surface area contributed by atoms with Gasteiger partial charge in [0, 0.05) is 6.54 Å². The average molecular weight is 232 g/mol. The van der Waals surface area contributed by atoms with E-state index >= 15 is 0 Å². The van der Waals surface area contributed by atoms with Crippen molar-refractivity contribution in [3.63, 3.8) is 0 Å². The summed E-state index contributed by atoms with van der Waals surface area (Å²) in [5, 5.41) is -0.0798. The number of nitrogens with zero attached hydrogens (tertiary/aromatic N) is 1. The summed E-state index contributed by atoms with van der Waals surface area (Å²) in [5.74, 6) is 0.537. The van der Waals surface area contributed by atoms with Gasteiger partial charge in [-0.15, -0.1) is 0 Å². The Kier molecular flexibility index (Phi) is 3.33. The van der Waals surface area contributed by atoms with Crippen molar-refractivity contribution in [3.8, 4) is 0 Å². The second-order valence-electron chi connectivity index (χ2n) is 4.84. The van der Waals surface area contributed by atoms with Crippen LogP contribution in [0.3, 0.4) is 0 Å². The number of nitrogens with one attached hydrogen (secondary N) is 1. The molecule has 2 aliphatic rings. The van der Waals surface area contributed by atoms with Gasteiger partial charge in [-0.3, -0.25) is 0 Å². The number of likely N-dealkylation sites (tertiary alicyclic amines) is 1. The molecular weight excluding hydrogens is 212 g/mol. The van der Waals surface area contributed by atoms with Gasteiger partial charge in [-0.05, 0) is 51.7 Å². The van der Waals surface area contributed by atoms with E-state index in [1.54, 1.807) is 0 Å². The van der Waals surface area contributed by atoms with Crippen LogP contribution in [-0.4, -0.2) is 45.2 Å². The maximum absolute atomic E-state index is 11.6. The molecule has 15 heavy (non-hydrogen) atoms. The zero-order chi connectivity index (χ0) is 10.9. The fourth-order valence-corrected chi connectivity index (χ4v) is 3.46. The van der Waals surface area contributed by atoms with E-state index in [-0.39, 0.29) is 5.25 Å². The third-order valence-corrected chi connectivity index (χ3v) is 5.29. The molecule has 4 nitrogen and oxygen atoms in total. The highest BCUT2D eigenvalue weighted by atomic mass is 32.2. The first kappa shape index (κ1) is 11.4. The van der Waals surface area contributed by atoms with Crippen LogP contribution in [0, 0.1) is 5.92 Å². The van der Waals surface area contributed by atoms with Gasteiger partial charge in [0.1, 0.15) is 0 Å². The molecule has 1 heterocycles. The molecule has 0 unspecified atom stereocenters. The summed E-state index contributed by atoms with van der Waals surface area (Å²) >= 11 is 0. The van der Waals surface area contributed by atoms with Gasteiger partial charge in [0.25, 0.3) is 0 Å². The molecule has 1 saturated heterocycles. The van der Waals surface area contributed by atoms with Gasteiger partial charge >= 0.3 is 0 Å².